The van der Waals surface area contributed by atoms with Crippen LogP contribution in [-0.2, 0) is 9.59 Å². The van der Waals surface area contributed by atoms with Crippen molar-refractivity contribution in [2.24, 2.45) is 0 Å². The van der Waals surface area contributed by atoms with Gasteiger partial charge in [0, 0.05) is 6.07 Å². The molecule has 0 aliphatic carbocycles. The molecule has 1 aliphatic heterocycles. The predicted molar refractivity (Wildman–Crippen MR) is 85.2 cm³/mol. The number of hydrogen-bond donors (Lipinski definition) is 3. The molecule has 1 aliphatic rings. The number of carbonyl (C=O) groups is 2. The first-order chi connectivity index (χ1) is 11.5. The van der Waals surface area contributed by atoms with Gasteiger partial charge in [-0.2, -0.15) is 0 Å². The van der Waals surface area contributed by atoms with E-state index in [1.54, 1.807) is 24.3 Å². The third kappa shape index (κ3) is 2.91. The van der Waals surface area contributed by atoms with E-state index in [9.17, 15) is 19.2 Å². The lowest BCUT2D eigenvalue weighted by molar-refractivity contribution is -0.121. The van der Waals surface area contributed by atoms with Crippen molar-refractivity contribution >= 4 is 23.3 Å². The lowest BCUT2D eigenvalue weighted by atomic mass is 10.2. The number of anilines is 2. The van der Waals surface area contributed by atoms with Crippen molar-refractivity contribution in [1.82, 2.24) is 9.97 Å². The molecule has 9 nitrogen and oxygen atoms in total. The number of amides is 2. The summed E-state index contributed by atoms with van der Waals surface area (Å²) in [6, 6.07) is 6.74. The molecule has 0 spiro atoms. The molecule has 0 radical (unpaired) electrons. The molecule has 1 atom stereocenters. The number of methoxy groups -OCH3 is 1. The number of aromatic amines is 2. The topological polar surface area (TPSA) is 124 Å². The Morgan fingerprint density at radius 2 is 1.83 bits per heavy atom. The summed E-state index contributed by atoms with van der Waals surface area (Å²) in [6.45, 7) is 0. The standard InChI is InChI=1S/C15H14N4O5/c1-24-9-4-2-8(3-5-9)19-13(21)6-10(14(19)22)16-11-7-12(20)18-15(23)17-11/h2-5,7,10H,6H2,1H3,(H3,16,17,18,20,23). The predicted octanol–water partition coefficient (Wildman–Crippen LogP) is -0.184. The van der Waals surface area contributed by atoms with E-state index in [-0.39, 0.29) is 18.1 Å². The second-order valence-corrected chi connectivity index (χ2v) is 5.17. The van der Waals surface area contributed by atoms with Crippen LogP contribution in [0.5, 0.6) is 5.75 Å². The quantitative estimate of drug-likeness (QED) is 0.668. The monoisotopic (exact) mass is 330 g/mol. The van der Waals surface area contributed by atoms with Gasteiger partial charge in [0.05, 0.1) is 19.2 Å². The number of aromatic nitrogens is 2. The number of imide groups is 1. The first-order valence-electron chi connectivity index (χ1n) is 7.09. The minimum atomic E-state index is -0.864. The molecule has 9 heteroatoms. The van der Waals surface area contributed by atoms with Gasteiger partial charge in [-0.15, -0.1) is 0 Å². The first-order valence-corrected chi connectivity index (χ1v) is 7.09. The lowest BCUT2D eigenvalue weighted by Gasteiger charge is -2.16. The van der Waals surface area contributed by atoms with E-state index >= 15 is 0 Å². The molecule has 1 unspecified atom stereocenters. The van der Waals surface area contributed by atoms with Gasteiger partial charge in [0.2, 0.25) is 5.91 Å². The number of rotatable bonds is 4. The average molecular weight is 330 g/mol. The summed E-state index contributed by atoms with van der Waals surface area (Å²) >= 11 is 0. The molecule has 2 amide bonds. The zero-order chi connectivity index (χ0) is 17.3. The Hall–Kier alpha value is -3.36. The van der Waals surface area contributed by atoms with Crippen molar-refractivity contribution in [3.05, 3.63) is 51.2 Å². The van der Waals surface area contributed by atoms with Gasteiger partial charge in [0.25, 0.3) is 11.5 Å². The number of nitrogens with one attached hydrogen (secondary N) is 3. The fraction of sp³-hybridized carbons (Fsp3) is 0.200. The van der Waals surface area contributed by atoms with E-state index in [0.29, 0.717) is 11.4 Å². The van der Waals surface area contributed by atoms with E-state index in [0.717, 1.165) is 11.0 Å². The minimum Gasteiger partial charge on any atom is -0.497 e. The fourth-order valence-corrected chi connectivity index (χ4v) is 2.48. The van der Waals surface area contributed by atoms with Gasteiger partial charge < -0.3 is 10.1 Å². The highest BCUT2D eigenvalue weighted by Gasteiger charge is 2.39. The second-order valence-electron chi connectivity index (χ2n) is 5.17. The molecule has 2 heterocycles. The number of H-pyrrole nitrogens is 2. The Bertz CT molecular complexity index is 871. The van der Waals surface area contributed by atoms with Crippen LogP contribution >= 0.6 is 0 Å². The average Bonchev–Trinajstić information content (AvgIpc) is 2.80. The van der Waals surface area contributed by atoms with Crippen molar-refractivity contribution in [2.75, 3.05) is 17.3 Å². The minimum absolute atomic E-state index is 0.0754. The van der Waals surface area contributed by atoms with Crippen LogP contribution in [0.1, 0.15) is 6.42 Å². The SMILES string of the molecule is COc1ccc(N2C(=O)CC(Nc3cc(=O)[nH]c(=O)[nH]3)C2=O)cc1. The molecule has 1 aromatic heterocycles. The largest absolute Gasteiger partial charge is 0.497 e. The number of carbonyl (C=O) groups excluding carboxylic acids is 2. The van der Waals surface area contributed by atoms with Crippen molar-refractivity contribution in [3.8, 4) is 5.75 Å². The van der Waals surface area contributed by atoms with Crippen LogP contribution in [0.4, 0.5) is 11.5 Å². The molecule has 0 bridgehead atoms. The first kappa shape index (κ1) is 15.5. The third-order valence-electron chi connectivity index (χ3n) is 3.57. The summed E-state index contributed by atoms with van der Waals surface area (Å²) in [5, 5.41) is 2.71. The van der Waals surface area contributed by atoms with Gasteiger partial charge in [0.15, 0.2) is 0 Å². The van der Waals surface area contributed by atoms with Crippen molar-refractivity contribution < 1.29 is 14.3 Å². The zero-order valence-corrected chi connectivity index (χ0v) is 12.7. The third-order valence-corrected chi connectivity index (χ3v) is 3.57. The molecule has 1 fully saturated rings. The molecule has 3 rings (SSSR count). The number of ether oxygens (including phenoxy) is 1. The van der Waals surface area contributed by atoms with E-state index in [2.05, 4.69) is 10.3 Å². The summed E-state index contributed by atoms with van der Waals surface area (Å²) < 4.78 is 5.04. The Balaban J connectivity index is 1.83. The Morgan fingerprint density at radius 1 is 1.12 bits per heavy atom. The lowest BCUT2D eigenvalue weighted by Crippen LogP contribution is -2.35. The van der Waals surface area contributed by atoms with Crippen molar-refractivity contribution in [1.29, 1.82) is 0 Å². The van der Waals surface area contributed by atoms with E-state index in [4.69, 9.17) is 4.74 Å². The van der Waals surface area contributed by atoms with Gasteiger partial charge in [-0.1, -0.05) is 0 Å². The molecule has 124 valence electrons. The summed E-state index contributed by atoms with van der Waals surface area (Å²) in [6.07, 6.45) is -0.0836. The highest BCUT2D eigenvalue weighted by Crippen LogP contribution is 2.26. The van der Waals surface area contributed by atoms with E-state index < -0.39 is 23.2 Å². The Labute approximate surface area is 135 Å². The second kappa shape index (κ2) is 6.03. The number of hydrogen-bond acceptors (Lipinski definition) is 6. The van der Waals surface area contributed by atoms with Crippen LogP contribution in [0.3, 0.4) is 0 Å². The highest BCUT2D eigenvalue weighted by atomic mass is 16.5. The maximum absolute atomic E-state index is 12.5. The fourth-order valence-electron chi connectivity index (χ4n) is 2.48. The summed E-state index contributed by atoms with van der Waals surface area (Å²) in [4.78, 5) is 52.6. The van der Waals surface area contributed by atoms with Crippen LogP contribution in [0.15, 0.2) is 39.9 Å². The summed E-state index contributed by atoms with van der Waals surface area (Å²) in [5.41, 5.74) is -0.881. The normalized spacial score (nSPS) is 17.2. The smallest absolute Gasteiger partial charge is 0.327 e. The number of benzene rings is 1. The maximum atomic E-state index is 12.5. The number of nitrogens with zero attached hydrogens (tertiary/aromatic N) is 1. The van der Waals surface area contributed by atoms with Crippen molar-refractivity contribution in [3.63, 3.8) is 0 Å². The van der Waals surface area contributed by atoms with Gasteiger partial charge >= 0.3 is 5.69 Å². The van der Waals surface area contributed by atoms with Gasteiger partial charge in [-0.3, -0.25) is 24.4 Å². The molecule has 1 aromatic carbocycles. The maximum Gasteiger partial charge on any atom is 0.327 e. The van der Waals surface area contributed by atoms with E-state index in [1.165, 1.54) is 7.11 Å². The zero-order valence-electron chi connectivity index (χ0n) is 12.7. The van der Waals surface area contributed by atoms with Crippen LogP contribution in [0.2, 0.25) is 0 Å². The molecular weight excluding hydrogens is 316 g/mol. The van der Waals surface area contributed by atoms with Crippen LogP contribution < -0.4 is 26.2 Å². The summed E-state index contributed by atoms with van der Waals surface area (Å²) in [7, 11) is 1.52. The molecular formula is C15H14N4O5. The molecule has 1 saturated heterocycles. The van der Waals surface area contributed by atoms with Gasteiger partial charge in [-0.25, -0.2) is 9.69 Å². The van der Waals surface area contributed by atoms with Crippen molar-refractivity contribution in [2.45, 2.75) is 12.5 Å². The molecule has 24 heavy (non-hydrogen) atoms. The van der Waals surface area contributed by atoms with Crippen LogP contribution in [0, 0.1) is 0 Å². The Morgan fingerprint density at radius 3 is 2.46 bits per heavy atom. The van der Waals surface area contributed by atoms with Gasteiger partial charge in [-0.05, 0) is 24.3 Å². The highest BCUT2D eigenvalue weighted by molar-refractivity contribution is 6.23. The van der Waals surface area contributed by atoms with E-state index in [1.807, 2.05) is 4.98 Å². The summed E-state index contributed by atoms with van der Waals surface area (Å²) in [5.74, 6) is -0.166. The Kier molecular flexibility index (Phi) is 3.90. The molecule has 2 aromatic rings. The van der Waals surface area contributed by atoms with Crippen LogP contribution in [0.25, 0.3) is 0 Å². The molecule has 0 saturated carbocycles. The molecule has 3 N–H and O–H groups in total. The van der Waals surface area contributed by atoms with Crippen LogP contribution in [-0.4, -0.2) is 34.9 Å². The van der Waals surface area contributed by atoms with Gasteiger partial charge in [0.1, 0.15) is 17.6 Å².